The number of aliphatic hydroxyl groups is 2. The average Bonchev–Trinajstić information content (AvgIpc) is 3.23. The molecule has 316 valence electrons. The fourth-order valence-corrected chi connectivity index (χ4v) is 4.24. The maximum atomic E-state index is 13.0. The molecule has 2 atom stereocenters. The topological polar surface area (TPSA) is 173 Å². The van der Waals surface area contributed by atoms with E-state index in [0.29, 0.717) is 34.8 Å². The van der Waals surface area contributed by atoms with Gasteiger partial charge >= 0.3 is 12.4 Å². The first-order valence-corrected chi connectivity index (χ1v) is 17.6. The number of nitriles is 2. The number of carbonyl (C=O) groups excluding carboxylic acids is 2. The first-order chi connectivity index (χ1) is 28.1. The number of carbonyl (C=O) groups is 2. The van der Waals surface area contributed by atoms with Crippen LogP contribution in [-0.2, 0) is 21.9 Å². The fraction of sp³-hybridized carbons (Fsp3) is 0.286. The minimum Gasteiger partial charge on any atom is -0.490 e. The number of anilines is 2. The maximum Gasteiger partial charge on any atom is 0.407 e. The minimum atomic E-state index is -4.76. The largest absolute Gasteiger partial charge is 0.490 e. The van der Waals surface area contributed by atoms with Crippen LogP contribution >= 0.6 is 0 Å². The van der Waals surface area contributed by atoms with Crippen LogP contribution in [0.1, 0.15) is 63.8 Å². The molecular formula is C42H40F6N6O6. The van der Waals surface area contributed by atoms with Crippen molar-refractivity contribution in [3.63, 3.8) is 0 Å². The van der Waals surface area contributed by atoms with Crippen molar-refractivity contribution < 1.29 is 55.6 Å². The number of alkyl halides is 6. The molecule has 0 aliphatic heterocycles. The summed E-state index contributed by atoms with van der Waals surface area (Å²) >= 11 is 0. The number of hydrogen-bond donors (Lipinski definition) is 4. The zero-order chi connectivity index (χ0) is 45.9. The van der Waals surface area contributed by atoms with E-state index in [2.05, 4.69) is 20.3 Å². The highest BCUT2D eigenvalue weighted by Crippen LogP contribution is 2.39. The Bertz CT molecular complexity index is 2070. The zero-order valence-electron chi connectivity index (χ0n) is 33.1. The van der Waals surface area contributed by atoms with Gasteiger partial charge in [0.1, 0.15) is 24.7 Å². The van der Waals surface area contributed by atoms with Crippen molar-refractivity contribution in [1.29, 1.82) is 10.5 Å². The predicted octanol–water partition coefficient (Wildman–Crippen LogP) is 9.85. The number of rotatable bonds is 10. The van der Waals surface area contributed by atoms with Gasteiger partial charge < -0.3 is 30.3 Å². The van der Waals surface area contributed by atoms with Crippen molar-refractivity contribution in [3.05, 3.63) is 130 Å². The van der Waals surface area contributed by atoms with Gasteiger partial charge in [-0.3, -0.25) is 9.59 Å². The van der Waals surface area contributed by atoms with E-state index in [4.69, 9.17) is 33.1 Å². The van der Waals surface area contributed by atoms with Crippen LogP contribution < -0.4 is 20.1 Å². The van der Waals surface area contributed by atoms with E-state index in [1.807, 2.05) is 39.8 Å². The monoisotopic (exact) mass is 838 g/mol. The summed E-state index contributed by atoms with van der Waals surface area (Å²) in [7, 11) is 0. The van der Waals surface area contributed by atoms with E-state index in [-0.39, 0.29) is 11.4 Å². The van der Waals surface area contributed by atoms with Gasteiger partial charge in [-0.05, 0) is 86.6 Å². The summed E-state index contributed by atoms with van der Waals surface area (Å²) in [6.45, 7) is 22.9. The van der Waals surface area contributed by atoms with Gasteiger partial charge in [0, 0.05) is 11.4 Å². The molecule has 0 saturated heterocycles. The molecule has 18 heteroatoms. The van der Waals surface area contributed by atoms with Crippen molar-refractivity contribution in [2.24, 2.45) is 0 Å². The summed E-state index contributed by atoms with van der Waals surface area (Å²) in [5.74, 6) is -1.37. The number of hydrogen-bond acceptors (Lipinski definition) is 8. The standard InChI is InChI=1S/2C19H14F3N3O3.2C2H6/c2*1-18(27,11-28-14-6-3-12(10-23)4-7-14)17(26)25-13-5-8-16(24-2)15(9-13)19(20,21)22;2*1-2/h2*3-9,27H,11H2,1H3,(H,25,26);2*1-2H3/t2*18-;;/m00../s1. The van der Waals surface area contributed by atoms with Gasteiger partial charge in [0.05, 0.1) is 47.5 Å². The molecule has 60 heavy (non-hydrogen) atoms. The molecule has 0 spiro atoms. The second kappa shape index (κ2) is 22.7. The van der Waals surface area contributed by atoms with E-state index in [1.54, 1.807) is 0 Å². The maximum absolute atomic E-state index is 13.0. The van der Waals surface area contributed by atoms with Gasteiger partial charge in [-0.2, -0.15) is 36.9 Å². The van der Waals surface area contributed by atoms with E-state index in [9.17, 15) is 46.1 Å². The lowest BCUT2D eigenvalue weighted by Gasteiger charge is -2.23. The van der Waals surface area contributed by atoms with Crippen molar-refractivity contribution in [2.45, 2.75) is 65.1 Å². The second-order valence-corrected chi connectivity index (χ2v) is 12.0. The zero-order valence-corrected chi connectivity index (χ0v) is 33.1. The lowest BCUT2D eigenvalue weighted by atomic mass is 10.1. The quantitative estimate of drug-likeness (QED) is 0.0902. The van der Waals surface area contributed by atoms with E-state index >= 15 is 0 Å². The number of benzene rings is 4. The molecule has 2 amide bonds. The molecule has 0 saturated carbocycles. The van der Waals surface area contributed by atoms with E-state index < -0.39 is 71.1 Å². The van der Waals surface area contributed by atoms with Crippen molar-refractivity contribution in [1.82, 2.24) is 0 Å². The molecule has 4 rings (SSSR count). The molecule has 0 bridgehead atoms. The highest BCUT2D eigenvalue weighted by atomic mass is 19.4. The van der Waals surface area contributed by atoms with E-state index in [1.165, 1.54) is 48.5 Å². The molecule has 4 N–H and O–H groups in total. The minimum absolute atomic E-state index is 0.219. The van der Waals surface area contributed by atoms with Gasteiger partial charge in [-0.15, -0.1) is 0 Å². The summed E-state index contributed by atoms with van der Waals surface area (Å²) in [6, 6.07) is 21.1. The van der Waals surface area contributed by atoms with Crippen LogP contribution in [0.3, 0.4) is 0 Å². The lowest BCUT2D eigenvalue weighted by Crippen LogP contribution is -2.45. The summed E-state index contributed by atoms with van der Waals surface area (Å²) in [5.41, 5.74) is -7.30. The highest BCUT2D eigenvalue weighted by molar-refractivity contribution is 5.98. The molecule has 4 aromatic carbocycles. The summed E-state index contributed by atoms with van der Waals surface area (Å²) < 4.78 is 88.6. The smallest absolute Gasteiger partial charge is 0.407 e. The number of nitrogens with one attached hydrogen (secondary N) is 2. The molecular weight excluding hydrogens is 798 g/mol. The number of halogens is 6. The molecule has 0 heterocycles. The van der Waals surface area contributed by atoms with Crippen LogP contribution in [0.5, 0.6) is 11.5 Å². The molecule has 0 aliphatic carbocycles. The Morgan fingerprint density at radius 1 is 0.617 bits per heavy atom. The van der Waals surface area contributed by atoms with Crippen LogP contribution in [0, 0.1) is 35.8 Å². The molecule has 0 radical (unpaired) electrons. The van der Waals surface area contributed by atoms with Gasteiger partial charge in [0.2, 0.25) is 0 Å². The number of amides is 2. The second-order valence-electron chi connectivity index (χ2n) is 12.0. The van der Waals surface area contributed by atoms with E-state index in [0.717, 1.165) is 38.1 Å². The summed E-state index contributed by atoms with van der Waals surface area (Å²) in [5, 5.41) is 42.4. The van der Waals surface area contributed by atoms with Crippen LogP contribution in [0.15, 0.2) is 84.9 Å². The van der Waals surface area contributed by atoms with Crippen molar-refractivity contribution in [2.75, 3.05) is 23.8 Å². The normalized spacial score (nSPS) is 12.3. The van der Waals surface area contributed by atoms with Crippen LogP contribution in [0.2, 0.25) is 0 Å². The first-order valence-electron chi connectivity index (χ1n) is 17.6. The third-order valence-electron chi connectivity index (χ3n) is 7.35. The highest BCUT2D eigenvalue weighted by Gasteiger charge is 2.37. The van der Waals surface area contributed by atoms with Gasteiger partial charge in [0.15, 0.2) is 22.6 Å². The molecule has 0 fully saturated rings. The Hall–Kier alpha value is -7.12. The van der Waals surface area contributed by atoms with Gasteiger partial charge in [0.25, 0.3) is 11.8 Å². The third kappa shape index (κ3) is 15.3. The SMILES string of the molecule is CC.CC.[C-]#[N+]c1ccc(NC(=O)[C@@](C)(O)COc2ccc(C#N)cc2)cc1C(F)(F)F.[C-]#[N+]c1ccc(NC(=O)[C@@](C)(O)COc2ccc(C#N)cc2)cc1C(F)(F)F. The number of ether oxygens (including phenoxy) is 2. The van der Waals surface area contributed by atoms with Crippen molar-refractivity contribution in [3.8, 4) is 23.6 Å². The first kappa shape index (κ1) is 50.9. The molecule has 12 nitrogen and oxygen atoms in total. The van der Waals surface area contributed by atoms with Crippen LogP contribution in [-0.4, -0.2) is 46.4 Å². The number of nitrogens with zero attached hydrogens (tertiary/aromatic N) is 4. The molecule has 0 aromatic heterocycles. The third-order valence-corrected chi connectivity index (χ3v) is 7.35. The van der Waals surface area contributed by atoms with Gasteiger partial charge in [-0.1, -0.05) is 39.8 Å². The van der Waals surface area contributed by atoms with Crippen LogP contribution in [0.4, 0.5) is 49.1 Å². The Kier molecular flexibility index (Phi) is 19.3. The van der Waals surface area contributed by atoms with Crippen LogP contribution in [0.25, 0.3) is 9.69 Å². The Morgan fingerprint density at radius 3 is 1.17 bits per heavy atom. The summed E-state index contributed by atoms with van der Waals surface area (Å²) in [6.07, 6.45) is -9.52. The molecule has 0 unspecified atom stereocenters. The van der Waals surface area contributed by atoms with Crippen molar-refractivity contribution >= 4 is 34.6 Å². The predicted molar refractivity (Wildman–Crippen MR) is 210 cm³/mol. The molecule has 4 aromatic rings. The Morgan fingerprint density at radius 2 is 0.917 bits per heavy atom. The average molecular weight is 839 g/mol. The Balaban J connectivity index is 0.000000554. The summed E-state index contributed by atoms with van der Waals surface area (Å²) in [4.78, 5) is 30.1. The van der Waals surface area contributed by atoms with Gasteiger partial charge in [-0.25, -0.2) is 9.69 Å². The fourth-order valence-electron chi connectivity index (χ4n) is 4.24. The lowest BCUT2D eigenvalue weighted by molar-refractivity contribution is -0.137. The molecule has 0 aliphatic rings. The Labute approximate surface area is 342 Å².